The smallest absolute Gasteiger partial charge is 0.298 e. The maximum absolute atomic E-state index is 12.5. The summed E-state index contributed by atoms with van der Waals surface area (Å²) in [6.45, 7) is 16.0. The molecule has 0 aromatic heterocycles. The normalized spacial score (nSPS) is 12.1. The van der Waals surface area contributed by atoms with Crippen LogP contribution in [0.3, 0.4) is 0 Å². The zero-order valence-corrected chi connectivity index (χ0v) is 57.3. The minimum atomic E-state index is -4.29. The molecule has 8 aromatic carbocycles. The van der Waals surface area contributed by atoms with Gasteiger partial charge in [0.15, 0.2) is 0 Å². The minimum Gasteiger partial charge on any atom is -0.400 e. The maximum atomic E-state index is 12.5. The van der Waals surface area contributed by atoms with Crippen molar-refractivity contribution in [3.8, 4) is 0 Å². The largest absolute Gasteiger partial charge is 0.400 e. The fourth-order valence-electron chi connectivity index (χ4n) is 7.68. The molecular weight excluding hydrogens is 1290 g/mol. The number of benzene rings is 8. The predicted octanol–water partition coefficient (Wildman–Crippen LogP) is 14.0. The van der Waals surface area contributed by atoms with Crippen LogP contribution in [0.2, 0.25) is 0 Å². The summed E-state index contributed by atoms with van der Waals surface area (Å²) in [6, 6.07) is 28.5. The molecule has 0 atom stereocenters. The van der Waals surface area contributed by atoms with Crippen molar-refractivity contribution >= 4 is 138 Å². The molecule has 0 fully saturated rings. The van der Waals surface area contributed by atoms with E-state index in [1.807, 2.05) is 55.4 Å². The van der Waals surface area contributed by atoms with Gasteiger partial charge in [-0.05, 0) is 107 Å². The molecule has 0 aliphatic carbocycles. The van der Waals surface area contributed by atoms with E-state index in [2.05, 4.69) is 66.0 Å². The van der Waals surface area contributed by atoms with Crippen LogP contribution in [0.5, 0.6) is 0 Å². The number of aliphatic hydroxyl groups excluding tert-OH is 1. The molecule has 0 unspecified atom stereocenters. The molecule has 0 radical (unpaired) electrons. The molecule has 0 amide bonds. The van der Waals surface area contributed by atoms with Gasteiger partial charge in [-0.25, -0.2) is 0 Å². The standard InChI is InChI=1S/2C24H22N4O9S3.4C2H6.CH4O/c1-25-27-22-9-10-23(21-13-17(6-8-20(21)22)38(29,30)35-2)28-26-16-5-7-19-15(11-16)12-18(39(31,32)36-3)14-24(19)40(33,34)37-4;1-25-27-22-12-15-6-5-7-21(20(15)14-24(22)40(33,34)37-4)28-26-17-8-9-19-16(10-17)11-18(38(29,30)35-2)13-23(19)39(31,32)36-3;5*1-2/h2*5-14H,1-4H3;4*1-2H3;2H,1H3. The first-order valence-electron chi connectivity index (χ1n) is 26.7. The molecule has 0 saturated heterocycles. The summed E-state index contributed by atoms with van der Waals surface area (Å²) in [6.07, 6.45) is 0. The van der Waals surface area contributed by atoms with Crippen LogP contribution in [0.15, 0.2) is 192 Å². The highest BCUT2D eigenvalue weighted by molar-refractivity contribution is 7.88. The van der Waals surface area contributed by atoms with Crippen molar-refractivity contribution in [2.45, 2.75) is 84.8 Å². The number of aliphatic hydroxyl groups is 1. The Balaban J connectivity index is 0.000000539. The lowest BCUT2D eigenvalue weighted by Gasteiger charge is -2.10. The van der Waals surface area contributed by atoms with Gasteiger partial charge < -0.3 is 5.11 Å². The van der Waals surface area contributed by atoms with Crippen LogP contribution in [0.25, 0.3) is 43.1 Å². The summed E-state index contributed by atoms with van der Waals surface area (Å²) in [5.41, 5.74) is 1.65. The average molecular weight is 1370 g/mol. The van der Waals surface area contributed by atoms with Crippen LogP contribution in [-0.2, 0) is 85.8 Å². The van der Waals surface area contributed by atoms with Crippen molar-refractivity contribution in [1.29, 1.82) is 0 Å². The summed E-state index contributed by atoms with van der Waals surface area (Å²) in [5.74, 6) is 0. The van der Waals surface area contributed by atoms with Gasteiger partial charge in [-0.2, -0.15) is 81.2 Å². The molecule has 0 heterocycles. The van der Waals surface area contributed by atoms with E-state index >= 15 is 0 Å². The Kier molecular flexibility index (Phi) is 30.9. The highest BCUT2D eigenvalue weighted by atomic mass is 32.2. The third-order valence-electron chi connectivity index (χ3n) is 11.6. The van der Waals surface area contributed by atoms with Gasteiger partial charge >= 0.3 is 0 Å². The second-order valence-electron chi connectivity index (χ2n) is 16.0. The summed E-state index contributed by atoms with van der Waals surface area (Å²) >= 11 is 0. The molecule has 490 valence electrons. The Hall–Kier alpha value is -7.38. The average Bonchev–Trinajstić information content (AvgIpc) is 0.808. The summed E-state index contributed by atoms with van der Waals surface area (Å²) in [7, 11) is -15.4. The summed E-state index contributed by atoms with van der Waals surface area (Å²) < 4.78 is 177. The summed E-state index contributed by atoms with van der Waals surface area (Å²) in [4.78, 5) is -1.84. The SMILES string of the molecule is CC.CC.CC.CC.CN=Nc1cc2cccc(N=Nc3ccc4c(S(=O)(=O)OC)cc(S(=O)(=O)OC)cc4c3)c2cc1S(=O)(=O)OC.CN=Nc1ccc(N=Nc2ccc3c(S(=O)(=O)OC)cc(S(=O)(=O)OC)cc3c2)c2cc(S(=O)(=O)OC)ccc12.CO. The molecule has 33 heteroatoms. The van der Waals surface area contributed by atoms with Crippen molar-refractivity contribution in [2.24, 2.45) is 40.9 Å². The third-order valence-corrected chi connectivity index (χ3v) is 19.3. The number of nitrogens with zero attached hydrogens (tertiary/aromatic N) is 8. The molecule has 0 bridgehead atoms. The van der Waals surface area contributed by atoms with Crippen molar-refractivity contribution in [3.63, 3.8) is 0 Å². The van der Waals surface area contributed by atoms with Gasteiger partial charge in [0.05, 0.1) is 85.8 Å². The van der Waals surface area contributed by atoms with Crippen molar-refractivity contribution < 1.29 is 80.7 Å². The molecule has 1 N–H and O–H groups in total. The molecule has 8 aromatic rings. The first-order valence-corrected chi connectivity index (χ1v) is 35.2. The lowest BCUT2D eigenvalue weighted by atomic mass is 10.1. The van der Waals surface area contributed by atoms with Crippen LogP contribution in [-0.4, -0.2) is 119 Å². The first kappa shape index (κ1) is 78.7. The van der Waals surface area contributed by atoms with Crippen molar-refractivity contribution in [1.82, 2.24) is 0 Å². The Morgan fingerprint density at radius 3 is 1.07 bits per heavy atom. The Labute approximate surface area is 526 Å². The van der Waals surface area contributed by atoms with E-state index in [1.165, 1.54) is 86.9 Å². The molecule has 0 aliphatic rings. The number of fused-ring (bicyclic) bond motifs is 4. The highest BCUT2D eigenvalue weighted by Gasteiger charge is 2.26. The summed E-state index contributed by atoms with van der Waals surface area (Å²) in [5, 5.41) is 42.2. The quantitative estimate of drug-likeness (QED) is 0.0616. The van der Waals surface area contributed by atoms with Gasteiger partial charge in [-0.3, -0.25) is 25.1 Å². The van der Waals surface area contributed by atoms with E-state index in [4.69, 9.17) is 5.11 Å². The van der Waals surface area contributed by atoms with Crippen molar-refractivity contribution in [3.05, 3.63) is 121 Å². The fourth-order valence-corrected chi connectivity index (χ4v) is 12.6. The van der Waals surface area contributed by atoms with E-state index in [0.29, 0.717) is 32.9 Å². The lowest BCUT2D eigenvalue weighted by Crippen LogP contribution is -2.08. The van der Waals surface area contributed by atoms with Crippen LogP contribution in [0.4, 0.5) is 34.1 Å². The maximum Gasteiger partial charge on any atom is 0.298 e. The molecule has 0 spiro atoms. The molecular formula is C57H72N8O19S6. The molecule has 0 aliphatic heterocycles. The minimum absolute atomic E-state index is 0.0871. The van der Waals surface area contributed by atoms with Gasteiger partial charge in [0.1, 0.15) is 20.4 Å². The second kappa shape index (κ2) is 35.3. The molecule has 27 nitrogen and oxygen atoms in total. The number of rotatable bonds is 18. The van der Waals surface area contributed by atoms with Crippen LogP contribution < -0.4 is 0 Å². The molecule has 8 rings (SSSR count). The predicted molar refractivity (Wildman–Crippen MR) is 344 cm³/mol. The van der Waals surface area contributed by atoms with E-state index in [9.17, 15) is 50.5 Å². The van der Waals surface area contributed by atoms with Gasteiger partial charge in [-0.1, -0.05) is 85.7 Å². The van der Waals surface area contributed by atoms with E-state index in [1.54, 1.807) is 36.4 Å². The van der Waals surface area contributed by atoms with Gasteiger partial charge in [0.2, 0.25) is 0 Å². The monoisotopic (exact) mass is 1360 g/mol. The van der Waals surface area contributed by atoms with E-state index in [-0.39, 0.29) is 63.9 Å². The fraction of sp³-hybridized carbons (Fsp3) is 0.298. The lowest BCUT2D eigenvalue weighted by molar-refractivity contribution is 0.394. The number of hydrogen-bond donors (Lipinski definition) is 1. The van der Waals surface area contributed by atoms with E-state index in [0.717, 1.165) is 61.9 Å². The Bertz CT molecular complexity index is 4650. The van der Waals surface area contributed by atoms with Crippen LogP contribution >= 0.6 is 0 Å². The van der Waals surface area contributed by atoms with Gasteiger partial charge in [0, 0.05) is 48.1 Å². The Morgan fingerprint density at radius 2 is 0.656 bits per heavy atom. The molecule has 90 heavy (non-hydrogen) atoms. The Morgan fingerprint density at radius 1 is 0.289 bits per heavy atom. The van der Waals surface area contributed by atoms with Crippen LogP contribution in [0.1, 0.15) is 55.4 Å². The third kappa shape index (κ3) is 18.9. The van der Waals surface area contributed by atoms with Crippen LogP contribution in [0, 0.1) is 0 Å². The van der Waals surface area contributed by atoms with Gasteiger partial charge in [-0.15, -0.1) is 10.2 Å². The van der Waals surface area contributed by atoms with E-state index < -0.39 is 70.5 Å². The topological polar surface area (TPSA) is 379 Å². The zero-order chi connectivity index (χ0) is 68.6. The van der Waals surface area contributed by atoms with Gasteiger partial charge in [0.25, 0.3) is 60.7 Å². The highest BCUT2D eigenvalue weighted by Crippen LogP contribution is 2.40. The first-order chi connectivity index (χ1) is 42.7. The molecule has 0 saturated carbocycles. The van der Waals surface area contributed by atoms with Crippen molar-refractivity contribution in [2.75, 3.05) is 63.9 Å². The zero-order valence-electron chi connectivity index (χ0n) is 52.4. The second-order valence-corrected chi connectivity index (χ2v) is 26.2. The number of azo groups is 4. The number of hydrogen-bond acceptors (Lipinski definition) is 27.